The molecule has 3 rings (SSSR count). The minimum atomic E-state index is -0.266. The molecule has 2 aromatic rings. The highest BCUT2D eigenvalue weighted by Gasteiger charge is 2.14. The topological polar surface area (TPSA) is 20.2 Å². The Bertz CT molecular complexity index is 563. The summed E-state index contributed by atoms with van der Waals surface area (Å²) in [6.07, 6.45) is 11.2. The molecule has 1 N–H and O–H groups in total. The van der Waals surface area contributed by atoms with Crippen LogP contribution < -0.4 is 5.30 Å². The second-order valence-corrected chi connectivity index (χ2v) is 7.66. The standard InChI is InChI=1S/C15H19OP.C6H6/c16-12-7-13-17(14-8-3-1-4-9-14)15-10-5-2-6-11-15;1-2-4-6-5-3-1/h1,3-5,8-11,16H,2,6-7,12-13H2;1-6H. The smallest absolute Gasteiger partial charge is 0.0434 e. The highest BCUT2D eigenvalue weighted by molar-refractivity contribution is 7.69. The maximum atomic E-state index is 9.03. The van der Waals surface area contributed by atoms with Crippen LogP contribution in [0.2, 0.25) is 0 Å². The van der Waals surface area contributed by atoms with E-state index in [4.69, 9.17) is 5.11 Å². The molecule has 0 heterocycles. The molecule has 0 aliphatic heterocycles. The molecule has 0 amide bonds. The molecule has 1 atom stereocenters. The maximum absolute atomic E-state index is 9.03. The molecule has 0 saturated heterocycles. The van der Waals surface area contributed by atoms with Gasteiger partial charge >= 0.3 is 0 Å². The third-order valence-electron chi connectivity index (χ3n) is 3.56. The summed E-state index contributed by atoms with van der Waals surface area (Å²) in [5.74, 6) is 0. The van der Waals surface area contributed by atoms with Crippen LogP contribution >= 0.6 is 7.92 Å². The number of aliphatic hydroxyl groups is 1. The molecule has 0 saturated carbocycles. The quantitative estimate of drug-likeness (QED) is 0.759. The van der Waals surface area contributed by atoms with E-state index in [0.29, 0.717) is 6.61 Å². The van der Waals surface area contributed by atoms with Crippen molar-refractivity contribution in [3.05, 3.63) is 90.3 Å². The summed E-state index contributed by atoms with van der Waals surface area (Å²) in [6, 6.07) is 22.7. The molecule has 2 heteroatoms. The van der Waals surface area contributed by atoms with Crippen molar-refractivity contribution in [1.29, 1.82) is 0 Å². The van der Waals surface area contributed by atoms with Crippen LogP contribution in [0.3, 0.4) is 0 Å². The number of rotatable bonds is 5. The van der Waals surface area contributed by atoms with Crippen molar-refractivity contribution in [3.63, 3.8) is 0 Å². The zero-order chi connectivity index (χ0) is 16.2. The molecule has 23 heavy (non-hydrogen) atoms. The van der Waals surface area contributed by atoms with E-state index in [1.165, 1.54) is 17.0 Å². The Balaban J connectivity index is 0.000000268. The van der Waals surface area contributed by atoms with E-state index in [1.807, 2.05) is 36.4 Å². The van der Waals surface area contributed by atoms with Crippen LogP contribution in [0.25, 0.3) is 0 Å². The number of allylic oxidation sites excluding steroid dienone is 4. The highest BCUT2D eigenvalue weighted by Crippen LogP contribution is 2.46. The molecule has 1 unspecified atom stereocenters. The molecule has 0 spiro atoms. The van der Waals surface area contributed by atoms with Crippen molar-refractivity contribution in [2.45, 2.75) is 19.3 Å². The van der Waals surface area contributed by atoms with Gasteiger partial charge in [0.1, 0.15) is 0 Å². The van der Waals surface area contributed by atoms with Crippen molar-refractivity contribution in [1.82, 2.24) is 0 Å². The largest absolute Gasteiger partial charge is 0.396 e. The number of benzene rings is 2. The van der Waals surface area contributed by atoms with Gasteiger partial charge in [-0.2, -0.15) is 0 Å². The van der Waals surface area contributed by atoms with Gasteiger partial charge in [-0.05, 0) is 44.0 Å². The van der Waals surface area contributed by atoms with Crippen LogP contribution in [0.5, 0.6) is 0 Å². The molecule has 0 bridgehead atoms. The molecule has 120 valence electrons. The number of hydrogen-bond acceptors (Lipinski definition) is 1. The minimum absolute atomic E-state index is 0.266. The number of aliphatic hydroxyl groups excluding tert-OH is 1. The fraction of sp³-hybridized carbons (Fsp3) is 0.238. The molecular weight excluding hydrogens is 299 g/mol. The third kappa shape index (κ3) is 6.52. The fourth-order valence-electron chi connectivity index (χ4n) is 2.43. The van der Waals surface area contributed by atoms with Gasteiger partial charge in [-0.3, -0.25) is 0 Å². The second-order valence-electron chi connectivity index (χ2n) is 5.33. The summed E-state index contributed by atoms with van der Waals surface area (Å²) in [5.41, 5.74) is 0. The van der Waals surface area contributed by atoms with Crippen LogP contribution in [0, 0.1) is 0 Å². The lowest BCUT2D eigenvalue weighted by molar-refractivity contribution is 0.296. The normalized spacial score (nSPS) is 14.4. The average Bonchev–Trinajstić information content (AvgIpc) is 2.66. The Morgan fingerprint density at radius 3 is 1.96 bits per heavy atom. The van der Waals surface area contributed by atoms with Crippen LogP contribution in [0.4, 0.5) is 0 Å². The molecular formula is C21H25OP. The molecule has 0 aromatic heterocycles. The van der Waals surface area contributed by atoms with Crippen molar-refractivity contribution in [3.8, 4) is 0 Å². The lowest BCUT2D eigenvalue weighted by Gasteiger charge is -2.21. The van der Waals surface area contributed by atoms with E-state index in [9.17, 15) is 0 Å². The van der Waals surface area contributed by atoms with Gasteiger partial charge in [0.05, 0.1) is 0 Å². The second kappa shape index (κ2) is 10.9. The summed E-state index contributed by atoms with van der Waals surface area (Å²) in [6.45, 7) is 0.294. The Morgan fingerprint density at radius 2 is 1.43 bits per heavy atom. The molecule has 2 aromatic carbocycles. The summed E-state index contributed by atoms with van der Waals surface area (Å²) in [5, 5.41) is 11.9. The van der Waals surface area contributed by atoms with E-state index < -0.39 is 0 Å². The summed E-state index contributed by atoms with van der Waals surface area (Å²) >= 11 is 0. The lowest BCUT2D eigenvalue weighted by Crippen LogP contribution is -2.06. The first kappa shape index (κ1) is 17.7. The van der Waals surface area contributed by atoms with Crippen LogP contribution in [0.1, 0.15) is 19.3 Å². The average molecular weight is 324 g/mol. The van der Waals surface area contributed by atoms with Gasteiger partial charge in [0.2, 0.25) is 0 Å². The van der Waals surface area contributed by atoms with Crippen LogP contribution in [-0.4, -0.2) is 17.9 Å². The van der Waals surface area contributed by atoms with Gasteiger partial charge in [0.15, 0.2) is 0 Å². The molecule has 0 fully saturated rings. The van der Waals surface area contributed by atoms with Crippen LogP contribution in [0.15, 0.2) is 90.3 Å². The first-order chi connectivity index (χ1) is 11.4. The third-order valence-corrected chi connectivity index (χ3v) is 6.20. The first-order valence-corrected chi connectivity index (χ1v) is 9.74. The summed E-state index contributed by atoms with van der Waals surface area (Å²) in [4.78, 5) is 0. The summed E-state index contributed by atoms with van der Waals surface area (Å²) < 4.78 is 0. The SMILES string of the molecule is OCCCP(C1=CCCC=C1)c1ccccc1.c1ccccc1. The van der Waals surface area contributed by atoms with Gasteiger partial charge in [-0.15, -0.1) is 0 Å². The monoisotopic (exact) mass is 324 g/mol. The maximum Gasteiger partial charge on any atom is 0.0434 e. The first-order valence-electron chi connectivity index (χ1n) is 8.22. The zero-order valence-electron chi connectivity index (χ0n) is 13.5. The van der Waals surface area contributed by atoms with Gasteiger partial charge in [0, 0.05) is 6.61 Å². The van der Waals surface area contributed by atoms with Gasteiger partial charge in [0.25, 0.3) is 0 Å². The van der Waals surface area contributed by atoms with Gasteiger partial charge in [-0.1, -0.05) is 85.0 Å². The minimum Gasteiger partial charge on any atom is -0.396 e. The molecule has 1 aliphatic carbocycles. The van der Waals surface area contributed by atoms with Crippen molar-refractivity contribution in [2.75, 3.05) is 12.8 Å². The van der Waals surface area contributed by atoms with Crippen LogP contribution in [-0.2, 0) is 0 Å². The van der Waals surface area contributed by atoms with Crippen molar-refractivity contribution in [2.24, 2.45) is 0 Å². The zero-order valence-corrected chi connectivity index (χ0v) is 14.4. The van der Waals surface area contributed by atoms with Gasteiger partial charge in [-0.25, -0.2) is 0 Å². The summed E-state index contributed by atoms with van der Waals surface area (Å²) in [7, 11) is -0.266. The van der Waals surface area contributed by atoms with E-state index >= 15 is 0 Å². The Kier molecular flexibility index (Phi) is 8.40. The van der Waals surface area contributed by atoms with E-state index in [1.54, 1.807) is 0 Å². The van der Waals surface area contributed by atoms with E-state index in [0.717, 1.165) is 19.0 Å². The lowest BCUT2D eigenvalue weighted by atomic mass is 10.2. The van der Waals surface area contributed by atoms with Crippen molar-refractivity contribution >= 4 is 13.2 Å². The Labute approximate surface area is 141 Å². The predicted octanol–water partition coefficient (Wildman–Crippen LogP) is 5.10. The van der Waals surface area contributed by atoms with E-state index in [-0.39, 0.29) is 7.92 Å². The number of hydrogen-bond donors (Lipinski definition) is 1. The fourth-order valence-corrected chi connectivity index (χ4v) is 4.87. The Hall–Kier alpha value is -1.69. The van der Waals surface area contributed by atoms with Crippen molar-refractivity contribution < 1.29 is 5.11 Å². The molecule has 0 radical (unpaired) electrons. The molecule has 1 aliphatic rings. The Morgan fingerprint density at radius 1 is 0.826 bits per heavy atom. The highest BCUT2D eigenvalue weighted by atomic mass is 31.1. The predicted molar refractivity (Wildman–Crippen MR) is 102 cm³/mol. The molecule has 1 nitrogen and oxygen atoms in total. The van der Waals surface area contributed by atoms with E-state index in [2.05, 4.69) is 48.6 Å². The van der Waals surface area contributed by atoms with Gasteiger partial charge < -0.3 is 5.11 Å².